The van der Waals surface area contributed by atoms with E-state index in [1.54, 1.807) is 16.2 Å². The Morgan fingerprint density at radius 3 is 2.76 bits per heavy atom. The molecule has 25 heavy (non-hydrogen) atoms. The van der Waals surface area contributed by atoms with Crippen LogP contribution < -0.4 is 0 Å². The van der Waals surface area contributed by atoms with Crippen LogP contribution in [-0.4, -0.2) is 39.5 Å². The maximum atomic E-state index is 12.3. The lowest BCUT2D eigenvalue weighted by Crippen LogP contribution is -2.29. The van der Waals surface area contributed by atoms with Crippen LogP contribution in [0.1, 0.15) is 22.9 Å². The molecule has 0 saturated heterocycles. The SMILES string of the molecule is Cc1ncsc1CCN(C)C(=O)CCc1nc(-c2ccccc2)no1. The standard InChI is InChI=1S/C18H20N4O2S/c1-13-15(25-12-19-13)10-11-22(2)17(23)9-8-16-20-18(21-24-16)14-6-4-3-5-7-14/h3-7,12H,8-11H2,1-2H3. The minimum Gasteiger partial charge on any atom is -0.345 e. The molecular formula is C18H20N4O2S. The second-order valence-electron chi connectivity index (χ2n) is 5.80. The second-order valence-corrected chi connectivity index (χ2v) is 6.74. The van der Waals surface area contributed by atoms with E-state index in [4.69, 9.17) is 4.52 Å². The molecule has 0 spiro atoms. The molecule has 0 radical (unpaired) electrons. The Balaban J connectivity index is 1.49. The molecule has 0 aliphatic carbocycles. The fourth-order valence-corrected chi connectivity index (χ4v) is 3.20. The zero-order valence-electron chi connectivity index (χ0n) is 14.3. The van der Waals surface area contributed by atoms with Crippen molar-refractivity contribution in [1.29, 1.82) is 0 Å². The minimum atomic E-state index is 0.0710. The predicted octanol–water partition coefficient (Wildman–Crippen LogP) is 3.14. The van der Waals surface area contributed by atoms with Gasteiger partial charge in [-0.1, -0.05) is 35.5 Å². The van der Waals surface area contributed by atoms with Crippen LogP contribution in [0, 0.1) is 6.92 Å². The fourth-order valence-electron chi connectivity index (χ4n) is 2.43. The molecule has 0 fully saturated rings. The Morgan fingerprint density at radius 1 is 1.24 bits per heavy atom. The summed E-state index contributed by atoms with van der Waals surface area (Å²) >= 11 is 1.63. The van der Waals surface area contributed by atoms with Crippen molar-refractivity contribution in [2.24, 2.45) is 0 Å². The molecule has 6 nitrogen and oxygen atoms in total. The monoisotopic (exact) mass is 356 g/mol. The number of rotatable bonds is 7. The number of nitrogens with zero attached hydrogens (tertiary/aromatic N) is 4. The molecule has 0 saturated carbocycles. The largest absolute Gasteiger partial charge is 0.345 e. The highest BCUT2D eigenvalue weighted by Gasteiger charge is 2.14. The maximum absolute atomic E-state index is 12.3. The third-order valence-electron chi connectivity index (χ3n) is 4.00. The number of carbonyl (C=O) groups is 1. The summed E-state index contributed by atoms with van der Waals surface area (Å²) in [7, 11) is 1.82. The Hall–Kier alpha value is -2.54. The Kier molecular flexibility index (Phi) is 5.55. The predicted molar refractivity (Wildman–Crippen MR) is 96.2 cm³/mol. The van der Waals surface area contributed by atoms with Crippen molar-refractivity contribution >= 4 is 17.2 Å². The van der Waals surface area contributed by atoms with Crippen molar-refractivity contribution in [3.8, 4) is 11.4 Å². The van der Waals surface area contributed by atoms with Crippen LogP contribution in [-0.2, 0) is 17.6 Å². The van der Waals surface area contributed by atoms with Crippen molar-refractivity contribution in [2.45, 2.75) is 26.2 Å². The summed E-state index contributed by atoms with van der Waals surface area (Å²) in [6.07, 6.45) is 1.63. The molecule has 130 valence electrons. The summed E-state index contributed by atoms with van der Waals surface area (Å²) in [6.45, 7) is 2.68. The Labute approximate surface area is 150 Å². The number of likely N-dealkylation sites (N-methyl/N-ethyl adjacent to an activating group) is 1. The van der Waals surface area contributed by atoms with Gasteiger partial charge in [0.1, 0.15) is 0 Å². The van der Waals surface area contributed by atoms with E-state index in [2.05, 4.69) is 15.1 Å². The average Bonchev–Trinajstić information content (AvgIpc) is 3.27. The lowest BCUT2D eigenvalue weighted by Gasteiger charge is -2.16. The highest BCUT2D eigenvalue weighted by Crippen LogP contribution is 2.16. The lowest BCUT2D eigenvalue weighted by atomic mass is 10.2. The molecule has 0 N–H and O–H groups in total. The van der Waals surface area contributed by atoms with Gasteiger partial charge in [0.05, 0.1) is 11.2 Å². The molecule has 1 amide bonds. The first kappa shape index (κ1) is 17.3. The number of aromatic nitrogens is 3. The summed E-state index contributed by atoms with van der Waals surface area (Å²) in [5.74, 6) is 1.11. The maximum Gasteiger partial charge on any atom is 0.227 e. The van der Waals surface area contributed by atoms with Crippen LogP contribution in [0.4, 0.5) is 0 Å². The van der Waals surface area contributed by atoms with E-state index in [1.165, 1.54) is 4.88 Å². The van der Waals surface area contributed by atoms with E-state index < -0.39 is 0 Å². The minimum absolute atomic E-state index is 0.0710. The average molecular weight is 356 g/mol. The molecule has 2 aromatic heterocycles. The number of aryl methyl sites for hydroxylation is 2. The van der Waals surface area contributed by atoms with E-state index in [1.807, 2.05) is 49.8 Å². The number of carbonyl (C=O) groups excluding carboxylic acids is 1. The van der Waals surface area contributed by atoms with E-state index in [0.29, 0.717) is 31.1 Å². The van der Waals surface area contributed by atoms with E-state index in [-0.39, 0.29) is 5.91 Å². The molecule has 0 unspecified atom stereocenters. The highest BCUT2D eigenvalue weighted by molar-refractivity contribution is 7.09. The van der Waals surface area contributed by atoms with Crippen molar-refractivity contribution in [3.05, 3.63) is 52.3 Å². The van der Waals surface area contributed by atoms with Gasteiger partial charge in [-0.2, -0.15) is 4.98 Å². The zero-order valence-corrected chi connectivity index (χ0v) is 15.1. The van der Waals surface area contributed by atoms with Gasteiger partial charge in [0.15, 0.2) is 0 Å². The van der Waals surface area contributed by atoms with Crippen LogP contribution in [0.3, 0.4) is 0 Å². The number of benzene rings is 1. The fraction of sp³-hybridized carbons (Fsp3) is 0.333. The molecular weight excluding hydrogens is 336 g/mol. The first-order valence-electron chi connectivity index (χ1n) is 8.14. The third-order valence-corrected chi connectivity index (χ3v) is 4.99. The smallest absolute Gasteiger partial charge is 0.227 e. The quantitative estimate of drug-likeness (QED) is 0.650. The number of thiazole rings is 1. The Morgan fingerprint density at radius 2 is 2.04 bits per heavy atom. The van der Waals surface area contributed by atoms with Crippen LogP contribution in [0.15, 0.2) is 40.4 Å². The first-order chi connectivity index (χ1) is 12.1. The van der Waals surface area contributed by atoms with Gasteiger partial charge >= 0.3 is 0 Å². The molecule has 3 aromatic rings. The molecule has 2 heterocycles. The first-order valence-corrected chi connectivity index (χ1v) is 9.02. The van der Waals surface area contributed by atoms with E-state index >= 15 is 0 Å². The summed E-state index contributed by atoms with van der Waals surface area (Å²) in [4.78, 5) is 23.8. The van der Waals surface area contributed by atoms with Crippen molar-refractivity contribution in [1.82, 2.24) is 20.0 Å². The number of amides is 1. The third kappa shape index (κ3) is 4.51. The van der Waals surface area contributed by atoms with Gasteiger partial charge in [-0.3, -0.25) is 4.79 Å². The van der Waals surface area contributed by atoms with Crippen molar-refractivity contribution in [2.75, 3.05) is 13.6 Å². The summed E-state index contributed by atoms with van der Waals surface area (Å²) in [5, 5.41) is 3.97. The van der Waals surface area contributed by atoms with Gasteiger partial charge in [0.2, 0.25) is 17.6 Å². The molecule has 0 aliphatic rings. The lowest BCUT2D eigenvalue weighted by molar-refractivity contribution is -0.129. The van der Waals surface area contributed by atoms with E-state index in [0.717, 1.165) is 17.7 Å². The number of hydrogen-bond acceptors (Lipinski definition) is 6. The second kappa shape index (κ2) is 8.02. The van der Waals surface area contributed by atoms with Gasteiger partial charge < -0.3 is 9.42 Å². The van der Waals surface area contributed by atoms with Gasteiger partial charge in [0.25, 0.3) is 0 Å². The summed E-state index contributed by atoms with van der Waals surface area (Å²) in [6, 6.07) is 9.64. The van der Waals surface area contributed by atoms with Gasteiger partial charge in [-0.05, 0) is 6.92 Å². The van der Waals surface area contributed by atoms with E-state index in [9.17, 15) is 4.79 Å². The molecule has 0 bridgehead atoms. The molecule has 0 atom stereocenters. The zero-order chi connectivity index (χ0) is 17.6. The topological polar surface area (TPSA) is 72.1 Å². The highest BCUT2D eigenvalue weighted by atomic mass is 32.1. The van der Waals surface area contributed by atoms with Gasteiger partial charge in [-0.25, -0.2) is 4.98 Å². The Bertz CT molecular complexity index is 828. The summed E-state index contributed by atoms with van der Waals surface area (Å²) in [5.41, 5.74) is 3.79. The number of hydrogen-bond donors (Lipinski definition) is 0. The molecule has 1 aromatic carbocycles. The normalized spacial score (nSPS) is 10.8. The van der Waals surface area contributed by atoms with Crippen LogP contribution in [0.2, 0.25) is 0 Å². The van der Waals surface area contributed by atoms with Crippen LogP contribution in [0.25, 0.3) is 11.4 Å². The van der Waals surface area contributed by atoms with Crippen molar-refractivity contribution in [3.63, 3.8) is 0 Å². The van der Waals surface area contributed by atoms with Crippen molar-refractivity contribution < 1.29 is 9.32 Å². The molecule has 7 heteroatoms. The van der Waals surface area contributed by atoms with Crippen LogP contribution in [0.5, 0.6) is 0 Å². The molecule has 0 aliphatic heterocycles. The molecule has 3 rings (SSSR count). The summed E-state index contributed by atoms with van der Waals surface area (Å²) < 4.78 is 5.25. The van der Waals surface area contributed by atoms with Crippen LogP contribution >= 0.6 is 11.3 Å². The van der Waals surface area contributed by atoms with Gasteiger partial charge in [0, 0.05) is 43.3 Å². The van der Waals surface area contributed by atoms with Gasteiger partial charge in [-0.15, -0.1) is 11.3 Å².